The highest BCUT2D eigenvalue weighted by molar-refractivity contribution is 5.35. The molecular weight excluding hydrogens is 235 g/mol. The number of hydrazine groups is 1. The monoisotopic (exact) mass is 248 g/mol. The van der Waals surface area contributed by atoms with Crippen LogP contribution in [0.5, 0.6) is 5.75 Å². The van der Waals surface area contributed by atoms with E-state index < -0.39 is 5.82 Å². The number of nitrogens with one attached hydrogen (secondary N) is 1. The Morgan fingerprint density at radius 3 is 2.56 bits per heavy atom. The Balaban J connectivity index is 2.37. The van der Waals surface area contributed by atoms with Gasteiger partial charge in [-0.2, -0.15) is 0 Å². The SMILES string of the molecule is COc1ccc(C(NN)c2cncnc2)cc1F. The normalized spacial score (nSPS) is 12.2. The van der Waals surface area contributed by atoms with E-state index in [2.05, 4.69) is 15.4 Å². The number of methoxy groups -OCH3 is 1. The number of ether oxygens (including phenoxy) is 1. The second-order valence-corrected chi connectivity index (χ2v) is 3.67. The van der Waals surface area contributed by atoms with E-state index in [0.29, 0.717) is 5.56 Å². The van der Waals surface area contributed by atoms with Crippen LogP contribution >= 0.6 is 0 Å². The summed E-state index contributed by atoms with van der Waals surface area (Å²) in [5.41, 5.74) is 4.04. The van der Waals surface area contributed by atoms with E-state index in [-0.39, 0.29) is 11.8 Å². The number of rotatable bonds is 4. The zero-order valence-corrected chi connectivity index (χ0v) is 9.80. The van der Waals surface area contributed by atoms with Gasteiger partial charge < -0.3 is 4.74 Å². The van der Waals surface area contributed by atoms with Gasteiger partial charge in [0.25, 0.3) is 0 Å². The Labute approximate surface area is 104 Å². The van der Waals surface area contributed by atoms with E-state index in [1.165, 1.54) is 19.5 Å². The summed E-state index contributed by atoms with van der Waals surface area (Å²) in [5.74, 6) is 5.25. The third-order valence-corrected chi connectivity index (χ3v) is 2.59. The van der Waals surface area contributed by atoms with Gasteiger partial charge in [0.1, 0.15) is 6.33 Å². The van der Waals surface area contributed by atoms with E-state index in [4.69, 9.17) is 10.6 Å². The highest BCUT2D eigenvalue weighted by atomic mass is 19.1. The molecule has 0 aliphatic rings. The van der Waals surface area contributed by atoms with Crippen LogP contribution in [0.3, 0.4) is 0 Å². The van der Waals surface area contributed by atoms with E-state index in [0.717, 1.165) is 5.56 Å². The van der Waals surface area contributed by atoms with E-state index in [1.54, 1.807) is 24.5 Å². The van der Waals surface area contributed by atoms with Crippen molar-refractivity contribution in [2.24, 2.45) is 5.84 Å². The van der Waals surface area contributed by atoms with Gasteiger partial charge in [-0.25, -0.2) is 19.8 Å². The van der Waals surface area contributed by atoms with Gasteiger partial charge in [0.05, 0.1) is 13.2 Å². The van der Waals surface area contributed by atoms with Crippen molar-refractivity contribution >= 4 is 0 Å². The Hall–Kier alpha value is -2.05. The van der Waals surface area contributed by atoms with Gasteiger partial charge in [0.15, 0.2) is 11.6 Å². The Morgan fingerprint density at radius 1 is 1.28 bits per heavy atom. The number of benzene rings is 1. The number of nitrogens with two attached hydrogens (primary N) is 1. The summed E-state index contributed by atoms with van der Waals surface area (Å²) >= 11 is 0. The summed E-state index contributed by atoms with van der Waals surface area (Å²) in [6.45, 7) is 0. The zero-order valence-electron chi connectivity index (χ0n) is 9.80. The first-order valence-electron chi connectivity index (χ1n) is 5.30. The molecule has 0 aliphatic heterocycles. The van der Waals surface area contributed by atoms with Gasteiger partial charge >= 0.3 is 0 Å². The Kier molecular flexibility index (Phi) is 3.81. The molecule has 1 atom stereocenters. The van der Waals surface area contributed by atoms with Crippen molar-refractivity contribution in [3.05, 3.63) is 53.9 Å². The predicted octanol–water partition coefficient (Wildman–Crippen LogP) is 1.18. The topological polar surface area (TPSA) is 73.1 Å². The summed E-state index contributed by atoms with van der Waals surface area (Å²) < 4.78 is 18.5. The molecular formula is C12H13FN4O. The lowest BCUT2D eigenvalue weighted by Crippen LogP contribution is -2.29. The summed E-state index contributed by atoms with van der Waals surface area (Å²) in [6, 6.07) is 4.29. The number of nitrogens with zero attached hydrogens (tertiary/aromatic N) is 2. The maximum Gasteiger partial charge on any atom is 0.165 e. The lowest BCUT2D eigenvalue weighted by atomic mass is 10.0. The molecule has 0 saturated carbocycles. The highest BCUT2D eigenvalue weighted by Gasteiger charge is 2.15. The van der Waals surface area contributed by atoms with E-state index >= 15 is 0 Å². The standard InChI is InChI=1S/C12H13FN4O/c1-18-11-3-2-8(4-10(11)13)12(17-14)9-5-15-7-16-6-9/h2-7,12,17H,14H2,1H3. The minimum atomic E-state index is -0.438. The lowest BCUT2D eigenvalue weighted by Gasteiger charge is -2.16. The minimum absolute atomic E-state index is 0.193. The summed E-state index contributed by atoms with van der Waals surface area (Å²) in [4.78, 5) is 7.82. The molecule has 1 heterocycles. The average molecular weight is 248 g/mol. The molecule has 0 spiro atoms. The lowest BCUT2D eigenvalue weighted by molar-refractivity contribution is 0.385. The van der Waals surface area contributed by atoms with Gasteiger partial charge in [-0.05, 0) is 17.7 Å². The zero-order chi connectivity index (χ0) is 13.0. The molecule has 5 nitrogen and oxygen atoms in total. The van der Waals surface area contributed by atoms with Crippen molar-refractivity contribution in [1.29, 1.82) is 0 Å². The molecule has 0 saturated heterocycles. The molecule has 0 amide bonds. The minimum Gasteiger partial charge on any atom is -0.494 e. The summed E-state index contributed by atoms with van der Waals surface area (Å²) in [7, 11) is 1.42. The maximum absolute atomic E-state index is 13.6. The van der Waals surface area contributed by atoms with Crippen molar-refractivity contribution in [2.75, 3.05) is 7.11 Å². The van der Waals surface area contributed by atoms with E-state index in [1.807, 2.05) is 0 Å². The number of hydrogen-bond acceptors (Lipinski definition) is 5. The average Bonchev–Trinajstić information content (AvgIpc) is 2.41. The van der Waals surface area contributed by atoms with Crippen LogP contribution in [0.2, 0.25) is 0 Å². The molecule has 0 fully saturated rings. The van der Waals surface area contributed by atoms with E-state index in [9.17, 15) is 4.39 Å². The first kappa shape index (κ1) is 12.4. The van der Waals surface area contributed by atoms with Crippen LogP contribution < -0.4 is 16.0 Å². The quantitative estimate of drug-likeness (QED) is 0.628. The van der Waals surface area contributed by atoms with Crippen LogP contribution in [-0.2, 0) is 0 Å². The Morgan fingerprint density at radius 2 is 2.00 bits per heavy atom. The molecule has 0 bridgehead atoms. The Bertz CT molecular complexity index is 521. The first-order chi connectivity index (χ1) is 8.76. The molecule has 1 aromatic heterocycles. The van der Waals surface area contributed by atoms with Crippen molar-refractivity contribution in [2.45, 2.75) is 6.04 Å². The highest BCUT2D eigenvalue weighted by Crippen LogP contribution is 2.25. The van der Waals surface area contributed by atoms with Crippen LogP contribution in [0, 0.1) is 5.82 Å². The van der Waals surface area contributed by atoms with Gasteiger partial charge in [-0.1, -0.05) is 6.07 Å². The third kappa shape index (κ3) is 2.44. The molecule has 1 unspecified atom stereocenters. The van der Waals surface area contributed by atoms with Gasteiger partial charge in [0.2, 0.25) is 0 Å². The van der Waals surface area contributed by atoms with Gasteiger partial charge in [-0.15, -0.1) is 0 Å². The molecule has 2 aromatic rings. The van der Waals surface area contributed by atoms with Crippen LogP contribution in [0.1, 0.15) is 17.2 Å². The second-order valence-electron chi connectivity index (χ2n) is 3.67. The van der Waals surface area contributed by atoms with Crippen molar-refractivity contribution in [3.63, 3.8) is 0 Å². The fourth-order valence-electron chi connectivity index (χ4n) is 1.71. The molecule has 3 N–H and O–H groups in total. The molecule has 2 rings (SSSR count). The van der Waals surface area contributed by atoms with Crippen LogP contribution in [0.25, 0.3) is 0 Å². The van der Waals surface area contributed by atoms with Crippen LogP contribution in [-0.4, -0.2) is 17.1 Å². The van der Waals surface area contributed by atoms with Crippen molar-refractivity contribution < 1.29 is 9.13 Å². The predicted molar refractivity (Wildman–Crippen MR) is 64.2 cm³/mol. The molecule has 1 aromatic carbocycles. The van der Waals surface area contributed by atoms with Crippen molar-refractivity contribution in [1.82, 2.24) is 15.4 Å². The molecule has 6 heteroatoms. The fourth-order valence-corrected chi connectivity index (χ4v) is 1.71. The first-order valence-corrected chi connectivity index (χ1v) is 5.30. The maximum atomic E-state index is 13.6. The van der Waals surface area contributed by atoms with Gasteiger partial charge in [0, 0.05) is 18.0 Å². The number of halogens is 1. The molecule has 0 radical (unpaired) electrons. The number of aromatic nitrogens is 2. The molecule has 18 heavy (non-hydrogen) atoms. The van der Waals surface area contributed by atoms with Gasteiger partial charge in [-0.3, -0.25) is 5.84 Å². The largest absolute Gasteiger partial charge is 0.494 e. The fraction of sp³-hybridized carbons (Fsp3) is 0.167. The van der Waals surface area contributed by atoms with Crippen LogP contribution in [0.4, 0.5) is 4.39 Å². The smallest absolute Gasteiger partial charge is 0.165 e. The number of hydrogen-bond donors (Lipinski definition) is 2. The second kappa shape index (κ2) is 5.52. The summed E-state index contributed by atoms with van der Waals surface area (Å²) in [6.07, 6.45) is 4.67. The summed E-state index contributed by atoms with van der Waals surface area (Å²) in [5, 5.41) is 0. The van der Waals surface area contributed by atoms with Crippen molar-refractivity contribution in [3.8, 4) is 5.75 Å². The third-order valence-electron chi connectivity index (χ3n) is 2.59. The molecule has 94 valence electrons. The van der Waals surface area contributed by atoms with Crippen LogP contribution in [0.15, 0.2) is 36.9 Å². The molecule has 0 aliphatic carbocycles.